The van der Waals surface area contributed by atoms with Gasteiger partial charge in [-0.25, -0.2) is 14.8 Å². The molecule has 1 atom stereocenters. The average Bonchev–Trinajstić information content (AvgIpc) is 2.18. The minimum Gasteiger partial charge on any atom is -0.477 e. The van der Waals surface area contributed by atoms with Crippen molar-refractivity contribution in [1.82, 2.24) is 9.97 Å². The van der Waals surface area contributed by atoms with Crippen LogP contribution in [0, 0.1) is 5.92 Å². The van der Waals surface area contributed by atoms with Crippen LogP contribution >= 0.6 is 0 Å². The SMILES string of the molecule is COC(c1nccc(C(=O)O)n1)C(C)C. The largest absolute Gasteiger partial charge is 0.477 e. The van der Waals surface area contributed by atoms with Crippen molar-refractivity contribution in [3.8, 4) is 0 Å². The summed E-state index contributed by atoms with van der Waals surface area (Å²) in [6.45, 7) is 3.93. The van der Waals surface area contributed by atoms with Crippen LogP contribution in [0.3, 0.4) is 0 Å². The zero-order valence-electron chi connectivity index (χ0n) is 8.97. The van der Waals surface area contributed by atoms with Crippen LogP contribution in [-0.4, -0.2) is 28.2 Å². The number of methoxy groups -OCH3 is 1. The highest BCUT2D eigenvalue weighted by atomic mass is 16.5. The highest BCUT2D eigenvalue weighted by Gasteiger charge is 2.19. The number of aromatic nitrogens is 2. The lowest BCUT2D eigenvalue weighted by molar-refractivity contribution is 0.0562. The zero-order chi connectivity index (χ0) is 11.4. The Morgan fingerprint density at radius 1 is 1.53 bits per heavy atom. The fourth-order valence-corrected chi connectivity index (χ4v) is 1.31. The van der Waals surface area contributed by atoms with E-state index in [2.05, 4.69) is 9.97 Å². The van der Waals surface area contributed by atoms with E-state index in [-0.39, 0.29) is 17.7 Å². The molecule has 0 aliphatic rings. The first-order valence-electron chi connectivity index (χ1n) is 4.65. The first kappa shape index (κ1) is 11.6. The topological polar surface area (TPSA) is 72.3 Å². The summed E-state index contributed by atoms with van der Waals surface area (Å²) in [5.74, 6) is -0.455. The average molecular weight is 210 g/mol. The molecule has 5 heteroatoms. The third kappa shape index (κ3) is 2.73. The normalized spacial score (nSPS) is 12.8. The standard InChI is InChI=1S/C10H14N2O3/c1-6(2)8(15-3)9-11-5-4-7(12-9)10(13)14/h4-6,8H,1-3H3,(H,13,14). The maximum atomic E-state index is 10.7. The quantitative estimate of drug-likeness (QED) is 0.815. The number of carboxylic acids is 1. The molecule has 1 N–H and O–H groups in total. The number of rotatable bonds is 4. The van der Waals surface area contributed by atoms with E-state index in [0.717, 1.165) is 0 Å². The van der Waals surface area contributed by atoms with Crippen molar-refractivity contribution in [1.29, 1.82) is 0 Å². The van der Waals surface area contributed by atoms with Crippen LogP contribution in [0.25, 0.3) is 0 Å². The predicted octanol–water partition coefficient (Wildman–Crippen LogP) is 1.52. The molecule has 5 nitrogen and oxygen atoms in total. The molecule has 0 radical (unpaired) electrons. The van der Waals surface area contributed by atoms with Gasteiger partial charge >= 0.3 is 5.97 Å². The smallest absolute Gasteiger partial charge is 0.354 e. The monoisotopic (exact) mass is 210 g/mol. The second-order valence-electron chi connectivity index (χ2n) is 3.51. The van der Waals surface area contributed by atoms with Crippen LogP contribution in [0.2, 0.25) is 0 Å². The van der Waals surface area contributed by atoms with Crippen molar-refractivity contribution in [2.45, 2.75) is 20.0 Å². The second-order valence-corrected chi connectivity index (χ2v) is 3.51. The molecule has 0 saturated carbocycles. The van der Waals surface area contributed by atoms with Gasteiger partial charge in [0.15, 0.2) is 11.5 Å². The van der Waals surface area contributed by atoms with Gasteiger partial charge in [0.1, 0.15) is 6.10 Å². The van der Waals surface area contributed by atoms with Crippen molar-refractivity contribution >= 4 is 5.97 Å². The molecule has 82 valence electrons. The van der Waals surface area contributed by atoms with Crippen molar-refractivity contribution in [3.63, 3.8) is 0 Å². The van der Waals surface area contributed by atoms with Gasteiger partial charge in [-0.05, 0) is 12.0 Å². The summed E-state index contributed by atoms with van der Waals surface area (Å²) < 4.78 is 5.21. The van der Waals surface area contributed by atoms with Gasteiger partial charge in [-0.3, -0.25) is 0 Å². The van der Waals surface area contributed by atoms with Crippen LogP contribution in [0.5, 0.6) is 0 Å². The Morgan fingerprint density at radius 3 is 2.67 bits per heavy atom. The fraction of sp³-hybridized carbons (Fsp3) is 0.500. The van der Waals surface area contributed by atoms with Gasteiger partial charge in [-0.15, -0.1) is 0 Å². The van der Waals surface area contributed by atoms with Gasteiger partial charge in [0, 0.05) is 13.3 Å². The molecule has 0 aliphatic carbocycles. The number of nitrogens with zero attached hydrogens (tertiary/aromatic N) is 2. The molecule has 1 rings (SSSR count). The molecule has 1 aromatic heterocycles. The molecular weight excluding hydrogens is 196 g/mol. The van der Waals surface area contributed by atoms with E-state index >= 15 is 0 Å². The van der Waals surface area contributed by atoms with Crippen molar-refractivity contribution < 1.29 is 14.6 Å². The van der Waals surface area contributed by atoms with E-state index in [9.17, 15) is 4.79 Å². The molecular formula is C10H14N2O3. The van der Waals surface area contributed by atoms with Crippen molar-refractivity contribution in [2.24, 2.45) is 5.92 Å². The molecule has 0 saturated heterocycles. The molecule has 1 aromatic rings. The minimum atomic E-state index is -1.06. The molecule has 0 bridgehead atoms. The summed E-state index contributed by atoms with van der Waals surface area (Å²) in [7, 11) is 1.56. The summed E-state index contributed by atoms with van der Waals surface area (Å²) in [4.78, 5) is 18.6. The number of carboxylic acid groups (broad SMARTS) is 1. The molecule has 0 spiro atoms. The lowest BCUT2D eigenvalue weighted by Gasteiger charge is -2.17. The van der Waals surface area contributed by atoms with E-state index in [4.69, 9.17) is 9.84 Å². The summed E-state index contributed by atoms with van der Waals surface area (Å²) in [5.41, 5.74) is -0.0114. The van der Waals surface area contributed by atoms with Gasteiger partial charge in [-0.2, -0.15) is 0 Å². The number of hydrogen-bond acceptors (Lipinski definition) is 4. The molecule has 15 heavy (non-hydrogen) atoms. The summed E-state index contributed by atoms with van der Waals surface area (Å²) >= 11 is 0. The second kappa shape index (κ2) is 4.84. The summed E-state index contributed by atoms with van der Waals surface area (Å²) in [6, 6.07) is 1.36. The van der Waals surface area contributed by atoms with Crippen LogP contribution < -0.4 is 0 Å². The van der Waals surface area contributed by atoms with E-state index < -0.39 is 5.97 Å². The molecule has 0 aliphatic heterocycles. The Hall–Kier alpha value is -1.49. The third-order valence-electron chi connectivity index (χ3n) is 2.01. The summed E-state index contributed by atoms with van der Waals surface area (Å²) in [6.07, 6.45) is 1.16. The molecule has 0 amide bonds. The van der Waals surface area contributed by atoms with E-state index in [0.29, 0.717) is 5.82 Å². The maximum Gasteiger partial charge on any atom is 0.354 e. The lowest BCUT2D eigenvalue weighted by atomic mass is 10.1. The maximum absolute atomic E-state index is 10.7. The number of hydrogen-bond donors (Lipinski definition) is 1. The Bertz CT molecular complexity index is 352. The Balaban J connectivity index is 3.03. The number of aromatic carboxylic acids is 1. The fourth-order valence-electron chi connectivity index (χ4n) is 1.31. The van der Waals surface area contributed by atoms with Gasteiger partial charge < -0.3 is 9.84 Å². The Kier molecular flexibility index (Phi) is 3.74. The van der Waals surface area contributed by atoms with E-state index in [1.807, 2.05) is 13.8 Å². The molecule has 0 aromatic carbocycles. The highest BCUT2D eigenvalue weighted by Crippen LogP contribution is 2.21. The Morgan fingerprint density at radius 2 is 2.20 bits per heavy atom. The van der Waals surface area contributed by atoms with Crippen LogP contribution in [0.1, 0.15) is 36.3 Å². The van der Waals surface area contributed by atoms with Crippen LogP contribution in [0.4, 0.5) is 0 Å². The number of ether oxygens (including phenoxy) is 1. The predicted molar refractivity (Wildman–Crippen MR) is 53.6 cm³/mol. The molecule has 1 unspecified atom stereocenters. The third-order valence-corrected chi connectivity index (χ3v) is 2.01. The van der Waals surface area contributed by atoms with E-state index in [1.165, 1.54) is 12.3 Å². The van der Waals surface area contributed by atoms with E-state index in [1.54, 1.807) is 7.11 Å². The highest BCUT2D eigenvalue weighted by molar-refractivity contribution is 5.85. The van der Waals surface area contributed by atoms with Crippen molar-refractivity contribution in [2.75, 3.05) is 7.11 Å². The van der Waals surface area contributed by atoms with Gasteiger partial charge in [0.2, 0.25) is 0 Å². The molecule has 0 fully saturated rings. The van der Waals surface area contributed by atoms with Crippen LogP contribution in [0.15, 0.2) is 12.3 Å². The lowest BCUT2D eigenvalue weighted by Crippen LogP contribution is -2.14. The van der Waals surface area contributed by atoms with Gasteiger partial charge in [-0.1, -0.05) is 13.8 Å². The number of carbonyl (C=O) groups is 1. The van der Waals surface area contributed by atoms with Gasteiger partial charge in [0.25, 0.3) is 0 Å². The summed E-state index contributed by atoms with van der Waals surface area (Å²) in [5, 5.41) is 8.77. The first-order valence-corrected chi connectivity index (χ1v) is 4.65. The minimum absolute atomic E-state index is 0.0114. The van der Waals surface area contributed by atoms with Crippen molar-refractivity contribution in [3.05, 3.63) is 23.8 Å². The van der Waals surface area contributed by atoms with Crippen LogP contribution in [-0.2, 0) is 4.74 Å². The van der Waals surface area contributed by atoms with Gasteiger partial charge in [0.05, 0.1) is 0 Å². The first-order chi connectivity index (χ1) is 7.06. The zero-order valence-corrected chi connectivity index (χ0v) is 8.97. The molecule has 1 heterocycles. The Labute approximate surface area is 88.1 Å².